The first-order chi connectivity index (χ1) is 12.9. The normalized spacial score (nSPS) is 16.9. The maximum Gasteiger partial charge on any atom is 0.191 e. The Hall–Kier alpha value is -1.60. The van der Waals surface area contributed by atoms with Crippen LogP contribution in [0.15, 0.2) is 4.99 Å². The number of hydrogen-bond donors (Lipinski definition) is 2. The lowest BCUT2D eigenvalue weighted by atomic mass is 10.1. The number of aromatic nitrogens is 2. The van der Waals surface area contributed by atoms with Crippen LogP contribution >= 0.6 is 0 Å². The summed E-state index contributed by atoms with van der Waals surface area (Å²) in [7, 11) is 1.99. The summed E-state index contributed by atoms with van der Waals surface area (Å²) in [6, 6.07) is 0.473. The largest absolute Gasteiger partial charge is 0.377 e. The number of likely N-dealkylation sites (tertiary alicyclic amines) is 1. The Kier molecular flexibility index (Phi) is 8.57. The number of aryl methyl sites for hydroxylation is 2. The van der Waals surface area contributed by atoms with Crippen LogP contribution < -0.4 is 10.6 Å². The summed E-state index contributed by atoms with van der Waals surface area (Å²) in [5.74, 6) is 0.904. The van der Waals surface area contributed by atoms with Crippen molar-refractivity contribution >= 4 is 5.96 Å². The van der Waals surface area contributed by atoms with Crippen LogP contribution in [-0.4, -0.2) is 65.6 Å². The van der Waals surface area contributed by atoms with Gasteiger partial charge in [-0.1, -0.05) is 0 Å². The second-order valence-electron chi connectivity index (χ2n) is 7.65. The fraction of sp³-hybridized carbons (Fsp3) is 0.800. The Labute approximate surface area is 164 Å². The van der Waals surface area contributed by atoms with Gasteiger partial charge in [-0.2, -0.15) is 5.10 Å². The molecule has 1 aromatic rings. The summed E-state index contributed by atoms with van der Waals surface area (Å²) < 4.78 is 7.60. The number of rotatable bonds is 8. The monoisotopic (exact) mass is 378 g/mol. The third kappa shape index (κ3) is 6.81. The van der Waals surface area contributed by atoms with E-state index in [4.69, 9.17) is 9.73 Å². The van der Waals surface area contributed by atoms with Crippen molar-refractivity contribution in [3.8, 4) is 0 Å². The van der Waals surface area contributed by atoms with E-state index in [-0.39, 0.29) is 0 Å². The maximum atomic E-state index is 5.67. The molecule has 154 valence electrons. The maximum absolute atomic E-state index is 5.67. The molecule has 1 fully saturated rings. The molecule has 0 bridgehead atoms. The molecular weight excluding hydrogens is 340 g/mol. The van der Waals surface area contributed by atoms with Crippen LogP contribution in [-0.2, 0) is 18.3 Å². The lowest BCUT2D eigenvalue weighted by molar-refractivity contribution is 0.0532. The molecule has 0 aliphatic carbocycles. The first kappa shape index (κ1) is 21.7. The van der Waals surface area contributed by atoms with Crippen molar-refractivity contribution < 1.29 is 4.74 Å². The number of nitrogens with one attached hydrogen (secondary N) is 2. The zero-order valence-electron chi connectivity index (χ0n) is 18.0. The van der Waals surface area contributed by atoms with Crippen molar-refractivity contribution in [1.29, 1.82) is 0 Å². The molecule has 1 saturated heterocycles. The van der Waals surface area contributed by atoms with E-state index in [1.54, 1.807) is 0 Å². The lowest BCUT2D eigenvalue weighted by Gasteiger charge is -2.33. The average molecular weight is 379 g/mol. The van der Waals surface area contributed by atoms with Crippen molar-refractivity contribution in [2.75, 3.05) is 32.8 Å². The zero-order valence-corrected chi connectivity index (χ0v) is 18.0. The molecule has 0 atom stereocenters. The van der Waals surface area contributed by atoms with Gasteiger partial charge < -0.3 is 20.3 Å². The minimum Gasteiger partial charge on any atom is -0.377 e. The zero-order chi connectivity index (χ0) is 19.8. The Morgan fingerprint density at radius 3 is 2.56 bits per heavy atom. The van der Waals surface area contributed by atoms with E-state index in [1.165, 1.54) is 11.3 Å². The molecular formula is C20H38N6O. The van der Waals surface area contributed by atoms with Crippen molar-refractivity contribution in [2.24, 2.45) is 12.0 Å². The second kappa shape index (κ2) is 10.7. The van der Waals surface area contributed by atoms with E-state index < -0.39 is 0 Å². The van der Waals surface area contributed by atoms with Gasteiger partial charge in [-0.25, -0.2) is 4.99 Å². The number of hydrogen-bond acceptors (Lipinski definition) is 4. The van der Waals surface area contributed by atoms with Crippen LogP contribution in [0, 0.1) is 13.8 Å². The molecule has 1 aliphatic heterocycles. The molecule has 2 rings (SSSR count). The van der Waals surface area contributed by atoms with Crippen molar-refractivity contribution in [3.05, 3.63) is 17.0 Å². The van der Waals surface area contributed by atoms with Gasteiger partial charge in [-0.3, -0.25) is 4.68 Å². The second-order valence-corrected chi connectivity index (χ2v) is 7.65. The predicted octanol–water partition coefficient (Wildman–Crippen LogP) is 1.98. The van der Waals surface area contributed by atoms with E-state index in [0.29, 0.717) is 18.7 Å². The smallest absolute Gasteiger partial charge is 0.191 e. The number of nitrogens with zero attached hydrogens (tertiary/aromatic N) is 4. The quantitative estimate of drug-likeness (QED) is 0.535. The van der Waals surface area contributed by atoms with Crippen LogP contribution in [0.4, 0.5) is 0 Å². The van der Waals surface area contributed by atoms with Gasteiger partial charge in [0.2, 0.25) is 0 Å². The minimum absolute atomic E-state index is 0.315. The summed E-state index contributed by atoms with van der Waals surface area (Å²) in [6.45, 7) is 16.0. The SMILES string of the molecule is CCNC(=NCc1c(C)nn(C)c1C)NC1CCN(CCOC(C)C)CC1. The fourth-order valence-electron chi connectivity index (χ4n) is 3.44. The first-order valence-corrected chi connectivity index (χ1v) is 10.3. The molecule has 0 saturated carbocycles. The highest BCUT2D eigenvalue weighted by Gasteiger charge is 2.20. The lowest BCUT2D eigenvalue weighted by Crippen LogP contribution is -2.49. The van der Waals surface area contributed by atoms with Crippen molar-refractivity contribution in [2.45, 2.75) is 66.2 Å². The van der Waals surface area contributed by atoms with Crippen LogP contribution in [0.25, 0.3) is 0 Å². The highest BCUT2D eigenvalue weighted by Crippen LogP contribution is 2.13. The standard InChI is InChI=1S/C20H38N6O/c1-7-21-20(22-14-19-16(4)24-25(6)17(19)5)23-18-8-10-26(11-9-18)12-13-27-15(2)3/h15,18H,7-14H2,1-6H3,(H2,21,22,23). The van der Waals surface area contributed by atoms with Gasteiger partial charge in [0.05, 0.1) is 24.9 Å². The summed E-state index contributed by atoms with van der Waals surface area (Å²) in [5, 5.41) is 11.5. The number of guanidine groups is 1. The third-order valence-corrected chi connectivity index (χ3v) is 5.19. The fourth-order valence-corrected chi connectivity index (χ4v) is 3.44. The van der Waals surface area contributed by atoms with Gasteiger partial charge in [0.1, 0.15) is 0 Å². The molecule has 2 heterocycles. The molecule has 2 N–H and O–H groups in total. The topological polar surface area (TPSA) is 66.7 Å². The summed E-state index contributed by atoms with van der Waals surface area (Å²) >= 11 is 0. The van der Waals surface area contributed by atoms with Gasteiger partial charge in [0, 0.05) is 50.5 Å². The average Bonchev–Trinajstić information content (AvgIpc) is 2.86. The summed E-state index contributed by atoms with van der Waals surface area (Å²) in [5.41, 5.74) is 3.46. The van der Waals surface area contributed by atoms with Gasteiger partial charge >= 0.3 is 0 Å². The molecule has 7 heteroatoms. The molecule has 0 radical (unpaired) electrons. The molecule has 0 spiro atoms. The van der Waals surface area contributed by atoms with Gasteiger partial charge in [-0.05, 0) is 47.5 Å². The van der Waals surface area contributed by atoms with Crippen LogP contribution in [0.2, 0.25) is 0 Å². The van der Waals surface area contributed by atoms with Crippen LogP contribution in [0.1, 0.15) is 50.6 Å². The number of piperidine rings is 1. The van der Waals surface area contributed by atoms with Crippen LogP contribution in [0.5, 0.6) is 0 Å². The molecule has 1 aliphatic rings. The summed E-state index contributed by atoms with van der Waals surface area (Å²) in [4.78, 5) is 7.30. The van der Waals surface area contributed by atoms with Gasteiger partial charge in [0.15, 0.2) is 5.96 Å². The van der Waals surface area contributed by atoms with E-state index in [0.717, 1.165) is 57.3 Å². The molecule has 0 aromatic carbocycles. The Morgan fingerprint density at radius 2 is 2.00 bits per heavy atom. The van der Waals surface area contributed by atoms with E-state index in [2.05, 4.69) is 55.3 Å². The third-order valence-electron chi connectivity index (χ3n) is 5.19. The first-order valence-electron chi connectivity index (χ1n) is 10.3. The highest BCUT2D eigenvalue weighted by molar-refractivity contribution is 5.80. The molecule has 1 aromatic heterocycles. The Balaban J connectivity index is 1.84. The van der Waals surface area contributed by atoms with Crippen molar-refractivity contribution in [1.82, 2.24) is 25.3 Å². The van der Waals surface area contributed by atoms with E-state index in [1.807, 2.05) is 11.7 Å². The minimum atomic E-state index is 0.315. The molecule has 7 nitrogen and oxygen atoms in total. The Morgan fingerprint density at radius 1 is 1.30 bits per heavy atom. The summed E-state index contributed by atoms with van der Waals surface area (Å²) in [6.07, 6.45) is 2.59. The molecule has 27 heavy (non-hydrogen) atoms. The Bertz CT molecular complexity index is 602. The van der Waals surface area contributed by atoms with E-state index in [9.17, 15) is 0 Å². The van der Waals surface area contributed by atoms with E-state index >= 15 is 0 Å². The number of aliphatic imine (C=N–C) groups is 1. The molecule has 0 unspecified atom stereocenters. The predicted molar refractivity (Wildman–Crippen MR) is 111 cm³/mol. The van der Waals surface area contributed by atoms with Crippen LogP contribution in [0.3, 0.4) is 0 Å². The molecule has 0 amide bonds. The van der Waals surface area contributed by atoms with Gasteiger partial charge in [-0.15, -0.1) is 0 Å². The van der Waals surface area contributed by atoms with Gasteiger partial charge in [0.25, 0.3) is 0 Å². The van der Waals surface area contributed by atoms with Crippen molar-refractivity contribution in [3.63, 3.8) is 0 Å². The number of ether oxygens (including phenoxy) is 1. The highest BCUT2D eigenvalue weighted by atomic mass is 16.5.